The van der Waals surface area contributed by atoms with Crippen LogP contribution >= 0.6 is 23.1 Å². The lowest BCUT2D eigenvalue weighted by Gasteiger charge is -2.50. The number of amides is 4. The minimum Gasteiger partial charge on any atom is -0.543 e. The summed E-state index contributed by atoms with van der Waals surface area (Å²) in [7, 11) is 6.41. The summed E-state index contributed by atoms with van der Waals surface area (Å²) in [4.78, 5) is 76.9. The van der Waals surface area contributed by atoms with Gasteiger partial charge in [0, 0.05) is 54.6 Å². The number of piperidine rings is 1. The number of ether oxygens (including phenoxy) is 5. The second kappa shape index (κ2) is 23.7. The zero-order valence-electron chi connectivity index (χ0n) is 43.5. The van der Waals surface area contributed by atoms with Crippen LogP contribution in [0.25, 0.3) is 0 Å². The minimum absolute atomic E-state index is 0.0430. The average molecular weight is 1110 g/mol. The van der Waals surface area contributed by atoms with E-state index >= 15 is 13.2 Å². The molecule has 3 fully saturated rings. The van der Waals surface area contributed by atoms with Crippen LogP contribution in [-0.4, -0.2) is 133 Å². The molecule has 4 amide bonds. The zero-order valence-corrected chi connectivity index (χ0v) is 45.2. The van der Waals surface area contributed by atoms with Gasteiger partial charge < -0.3 is 53.2 Å². The van der Waals surface area contributed by atoms with Gasteiger partial charge >= 0.3 is 20.3 Å². The fraction of sp³-hybridized carbons (Fsp3) is 0.442. The summed E-state index contributed by atoms with van der Waals surface area (Å²) in [5, 5.41) is 13.4. The molecule has 4 aliphatic heterocycles. The van der Waals surface area contributed by atoms with Crippen LogP contribution in [0.3, 0.4) is 0 Å². The molecule has 3 N–H and O–H groups in total. The van der Waals surface area contributed by atoms with Crippen LogP contribution < -0.4 is 34.9 Å². The Morgan fingerprint density at radius 3 is 2.13 bits per heavy atom. The number of anilines is 1. The van der Waals surface area contributed by atoms with Crippen molar-refractivity contribution in [3.63, 3.8) is 0 Å². The van der Waals surface area contributed by atoms with Gasteiger partial charge in [0.15, 0.2) is 22.3 Å². The van der Waals surface area contributed by atoms with E-state index in [1.165, 1.54) is 45.5 Å². The number of benzene rings is 3. The minimum atomic E-state index is -5.01. The molecule has 0 spiro atoms. The number of oxime groups is 1. The topological polar surface area (TPSA) is 215 Å². The highest BCUT2D eigenvalue weighted by Crippen LogP contribution is 2.47. The molecule has 0 unspecified atom stereocenters. The van der Waals surface area contributed by atoms with Crippen LogP contribution in [0, 0.1) is 0 Å². The SMILES string of the molecule is BOC(=O)CCO/N=C(\C(=O)N[C@@H]1C(=O)N2C=C(C[N@+]3(C)[C@@H]4CC[C@H]3C[C@@H](NC(=O)c3ccc(OCc5ccc(OC)cc5)c(OCc5ccc(OC)cc5)c3C(F)(F)F)C4)CS[C@H]12)c1csc(NC(=O)OC(C)(C)C)n1. The summed E-state index contributed by atoms with van der Waals surface area (Å²) in [5.74, 6) is -1.60. The normalized spacial score (nSPS) is 21.9. The van der Waals surface area contributed by atoms with Gasteiger partial charge in [-0.3, -0.25) is 24.5 Å². The smallest absolute Gasteiger partial charge is 0.420 e. The second-order valence-electron chi connectivity index (χ2n) is 20.1. The first kappa shape index (κ1) is 56.2. The molecule has 3 saturated heterocycles. The molecule has 77 heavy (non-hydrogen) atoms. The number of nitrogens with one attached hydrogen (secondary N) is 3. The van der Waals surface area contributed by atoms with Crippen molar-refractivity contribution in [1.29, 1.82) is 0 Å². The fourth-order valence-corrected chi connectivity index (χ4v) is 11.8. The number of hydrogen-bond donors (Lipinski definition) is 3. The van der Waals surface area contributed by atoms with Crippen LogP contribution in [-0.2, 0) is 48.0 Å². The zero-order chi connectivity index (χ0) is 55.2. The van der Waals surface area contributed by atoms with Crippen LogP contribution in [0.1, 0.15) is 85.6 Å². The fourth-order valence-electron chi connectivity index (χ4n) is 9.90. The highest BCUT2D eigenvalue weighted by molar-refractivity contribution is 8.00. The van der Waals surface area contributed by atoms with E-state index in [1.807, 2.05) is 6.20 Å². The van der Waals surface area contributed by atoms with E-state index < -0.39 is 70.0 Å². The Labute approximate surface area is 452 Å². The Bertz CT molecular complexity index is 2890. The van der Waals surface area contributed by atoms with E-state index in [-0.39, 0.29) is 66.5 Å². The summed E-state index contributed by atoms with van der Waals surface area (Å²) in [5.41, 5.74) is -0.595. The Balaban J connectivity index is 0.920. The van der Waals surface area contributed by atoms with Crippen molar-refractivity contribution in [2.75, 3.05) is 45.5 Å². The van der Waals surface area contributed by atoms with Crippen molar-refractivity contribution in [2.24, 2.45) is 5.16 Å². The molecule has 0 aliphatic carbocycles. The van der Waals surface area contributed by atoms with Gasteiger partial charge in [0.25, 0.3) is 23.7 Å². The molecule has 4 aliphatic rings. The number of thiazole rings is 1. The highest BCUT2D eigenvalue weighted by atomic mass is 32.2. The Kier molecular flexibility index (Phi) is 17.3. The van der Waals surface area contributed by atoms with Crippen molar-refractivity contribution in [2.45, 2.75) is 107 Å². The maximum atomic E-state index is 15.3. The number of carbonyl (C=O) groups excluding carboxylic acids is 5. The van der Waals surface area contributed by atoms with Gasteiger partial charge in [-0.2, -0.15) is 13.2 Å². The molecule has 410 valence electrons. The first-order chi connectivity index (χ1) is 36.7. The van der Waals surface area contributed by atoms with Crippen LogP contribution in [0.15, 0.2) is 83.0 Å². The number of alkyl halides is 3. The van der Waals surface area contributed by atoms with Crippen LogP contribution in [0.5, 0.6) is 23.0 Å². The molecule has 2 bridgehead atoms. The molecule has 25 heteroatoms. The number of hydrogen-bond acceptors (Lipinski definition) is 16. The third kappa shape index (κ3) is 13.4. The van der Waals surface area contributed by atoms with Gasteiger partial charge in [-0.1, -0.05) is 29.4 Å². The van der Waals surface area contributed by atoms with Crippen molar-refractivity contribution in [1.82, 2.24) is 20.5 Å². The average Bonchev–Trinajstić information content (AvgIpc) is 3.95. The molecule has 5 heterocycles. The van der Waals surface area contributed by atoms with Crippen LogP contribution in [0.2, 0.25) is 0 Å². The van der Waals surface area contributed by atoms with Crippen molar-refractivity contribution >= 4 is 71.8 Å². The summed E-state index contributed by atoms with van der Waals surface area (Å²) < 4.78 is 78.9. The van der Waals surface area contributed by atoms with Gasteiger partial charge in [-0.15, -0.1) is 23.1 Å². The van der Waals surface area contributed by atoms with Crippen molar-refractivity contribution in [3.05, 3.63) is 106 Å². The number of nitrogens with zero attached hydrogens (tertiary/aromatic N) is 4. The summed E-state index contributed by atoms with van der Waals surface area (Å²) >= 11 is 2.50. The number of halogens is 3. The van der Waals surface area contributed by atoms with Crippen molar-refractivity contribution in [3.8, 4) is 23.0 Å². The lowest BCUT2D eigenvalue weighted by molar-refractivity contribution is -0.944. The third-order valence-corrected chi connectivity index (χ3v) is 15.9. The first-order valence-corrected chi connectivity index (χ1v) is 26.7. The Morgan fingerprint density at radius 1 is 0.896 bits per heavy atom. The van der Waals surface area contributed by atoms with Gasteiger partial charge in [-0.25, -0.2) is 9.78 Å². The molecule has 8 rings (SSSR count). The number of β-lactam (4-membered cyclic amide) rings is 1. The monoisotopic (exact) mass is 1110 g/mol. The van der Waals surface area contributed by atoms with Gasteiger partial charge in [0.1, 0.15) is 66.1 Å². The van der Waals surface area contributed by atoms with Gasteiger partial charge in [0.05, 0.1) is 45.3 Å². The molecule has 4 aromatic rings. The molecule has 3 aromatic carbocycles. The predicted molar refractivity (Wildman–Crippen MR) is 281 cm³/mol. The molecule has 19 nitrogen and oxygen atoms in total. The number of methoxy groups -OCH3 is 2. The number of aromatic nitrogens is 1. The van der Waals surface area contributed by atoms with Crippen LogP contribution in [0.4, 0.5) is 23.1 Å². The molecule has 1 aromatic heterocycles. The largest absolute Gasteiger partial charge is 0.543 e. The van der Waals surface area contributed by atoms with Gasteiger partial charge in [-0.05, 0) is 68.3 Å². The number of carbonyl (C=O) groups is 5. The third-order valence-electron chi connectivity index (χ3n) is 13.7. The molecular formula is C52H60BF3N7O12S2+. The molecule has 6 atom stereocenters. The van der Waals surface area contributed by atoms with E-state index in [9.17, 15) is 24.0 Å². The second-order valence-corrected chi connectivity index (χ2v) is 22.0. The van der Waals surface area contributed by atoms with E-state index in [2.05, 4.69) is 37.8 Å². The number of likely N-dealkylation sites (N-methyl/N-ethyl adjacent to an activating group) is 1. The van der Waals surface area contributed by atoms with E-state index in [0.29, 0.717) is 52.2 Å². The van der Waals surface area contributed by atoms with Gasteiger partial charge in [0.2, 0.25) is 0 Å². The maximum absolute atomic E-state index is 15.3. The number of quaternary nitrogens is 1. The predicted octanol–water partition coefficient (Wildman–Crippen LogP) is 6.74. The lowest BCUT2D eigenvalue weighted by atomic mass is 9.93. The standard InChI is InChI=1S/C52H59BF3N7O12S2/c1-51(2,3)74-50(68)60-49-58-38(28-77-49)42(61-73-20-19-40(64)75-53)46(66)59-43-47(67)62-23-31(27-76-48(43)62)24-63(4)33-11-12-34(63)22-32(21-33)57-45(65)37-17-18-39(71-25-29-7-13-35(69-5)14-8-29)44(41(37)52(54,55)56)72-26-30-9-15-36(70-6)16-10-30/h7-10,13-18,23,28,32-34,43,48H,11-12,19-22,24-27,53H2,1-6H3,(H2-,57,58,59,60,65,66,68)/p+1/b61-42-/t32-,33+,34-,43-,48-,63+/m1/s1. The summed E-state index contributed by atoms with van der Waals surface area (Å²) in [6.45, 7) is 5.18. The first-order valence-electron chi connectivity index (χ1n) is 24.7. The van der Waals surface area contributed by atoms with Crippen molar-refractivity contribution < 1.29 is 74.8 Å². The maximum Gasteiger partial charge on any atom is 0.420 e. The van der Waals surface area contributed by atoms with E-state index in [4.69, 9.17) is 28.5 Å². The van der Waals surface area contributed by atoms with E-state index in [1.54, 1.807) is 74.2 Å². The Hall–Kier alpha value is -6.99. The molecular weight excluding hydrogens is 1050 g/mol. The number of fused-ring (bicyclic) bond motifs is 3. The summed E-state index contributed by atoms with van der Waals surface area (Å²) in [6.07, 6.45) is -1.33. The lowest BCUT2D eigenvalue weighted by Crippen LogP contribution is -2.69. The Morgan fingerprint density at radius 2 is 1.53 bits per heavy atom. The molecule has 0 saturated carbocycles. The number of thioether (sulfide) groups is 1. The number of rotatable bonds is 20. The molecule has 0 radical (unpaired) electrons. The highest BCUT2D eigenvalue weighted by Gasteiger charge is 2.54. The summed E-state index contributed by atoms with van der Waals surface area (Å²) in [6, 6.07) is 14.9. The quantitative estimate of drug-likeness (QED) is 0.0209. The van der Waals surface area contributed by atoms with E-state index in [0.717, 1.165) is 35.8 Å².